The molecule has 2 saturated heterocycles. The van der Waals surface area contributed by atoms with E-state index < -0.39 is 0 Å². The summed E-state index contributed by atoms with van der Waals surface area (Å²) in [6.07, 6.45) is 1.95. The Morgan fingerprint density at radius 1 is 1.00 bits per heavy atom. The number of benzene rings is 2. The van der Waals surface area contributed by atoms with E-state index >= 15 is 0 Å². The zero-order valence-corrected chi connectivity index (χ0v) is 17.0. The molecule has 2 fully saturated rings. The molecule has 28 heavy (non-hydrogen) atoms. The highest BCUT2D eigenvalue weighted by Gasteiger charge is 2.39. The molecule has 0 amide bonds. The van der Waals surface area contributed by atoms with Gasteiger partial charge in [-0.05, 0) is 49.9 Å². The van der Waals surface area contributed by atoms with Crippen molar-refractivity contribution in [2.45, 2.75) is 57.5 Å². The quantitative estimate of drug-likeness (QED) is 0.834. The number of hydrogen-bond acceptors (Lipinski definition) is 4. The lowest BCUT2D eigenvalue weighted by Crippen LogP contribution is -2.56. The average Bonchev–Trinajstić information content (AvgIpc) is 3.01. The van der Waals surface area contributed by atoms with Gasteiger partial charge in [0.05, 0.1) is 12.2 Å². The van der Waals surface area contributed by atoms with Crippen LogP contribution in [0.25, 0.3) is 0 Å². The lowest BCUT2D eigenvalue weighted by molar-refractivity contribution is 0.0444. The molecule has 4 rings (SSSR count). The predicted molar refractivity (Wildman–Crippen MR) is 113 cm³/mol. The van der Waals surface area contributed by atoms with Gasteiger partial charge in [-0.15, -0.1) is 0 Å². The van der Waals surface area contributed by atoms with Crippen molar-refractivity contribution in [1.29, 1.82) is 0 Å². The zero-order chi connectivity index (χ0) is 19.5. The molecule has 3 atom stereocenters. The molecule has 4 heteroatoms. The highest BCUT2D eigenvalue weighted by atomic mass is 16.5. The SMILES string of the molecule is CC(C)Oc1cccc(CN2C[C@@H]3C[C@@H](O)CN3C[C@H]2Cc2ccccc2)c1. The molecule has 150 valence electrons. The molecule has 0 spiro atoms. The first-order valence-electron chi connectivity index (χ1n) is 10.5. The molecular formula is C24H32N2O2. The minimum absolute atomic E-state index is 0.176. The minimum Gasteiger partial charge on any atom is -0.491 e. The van der Waals surface area contributed by atoms with Crippen molar-refractivity contribution >= 4 is 0 Å². The lowest BCUT2D eigenvalue weighted by atomic mass is 9.99. The molecule has 2 aliphatic rings. The third-order valence-electron chi connectivity index (χ3n) is 5.88. The average molecular weight is 381 g/mol. The van der Waals surface area contributed by atoms with Crippen LogP contribution < -0.4 is 4.74 Å². The molecule has 2 aliphatic heterocycles. The molecule has 0 radical (unpaired) electrons. The maximum absolute atomic E-state index is 10.2. The summed E-state index contributed by atoms with van der Waals surface area (Å²) >= 11 is 0. The molecule has 2 heterocycles. The van der Waals surface area contributed by atoms with Crippen LogP contribution in [0.15, 0.2) is 54.6 Å². The molecule has 2 aromatic rings. The molecular weight excluding hydrogens is 348 g/mol. The van der Waals surface area contributed by atoms with Gasteiger partial charge < -0.3 is 9.84 Å². The highest BCUT2D eigenvalue weighted by Crippen LogP contribution is 2.28. The first-order valence-corrected chi connectivity index (χ1v) is 10.5. The first kappa shape index (κ1) is 19.4. The summed E-state index contributed by atoms with van der Waals surface area (Å²) < 4.78 is 5.89. The van der Waals surface area contributed by atoms with Gasteiger partial charge in [0.15, 0.2) is 0 Å². The fraction of sp³-hybridized carbons (Fsp3) is 0.500. The van der Waals surface area contributed by atoms with Crippen LogP contribution in [0.2, 0.25) is 0 Å². The van der Waals surface area contributed by atoms with Crippen molar-refractivity contribution in [3.63, 3.8) is 0 Å². The Hall–Kier alpha value is -1.88. The van der Waals surface area contributed by atoms with Crippen molar-refractivity contribution in [2.75, 3.05) is 19.6 Å². The van der Waals surface area contributed by atoms with Gasteiger partial charge in [-0.1, -0.05) is 42.5 Å². The second-order valence-corrected chi connectivity index (χ2v) is 8.58. The van der Waals surface area contributed by atoms with E-state index in [1.165, 1.54) is 11.1 Å². The topological polar surface area (TPSA) is 35.9 Å². The van der Waals surface area contributed by atoms with Crippen molar-refractivity contribution in [2.24, 2.45) is 0 Å². The third kappa shape index (κ3) is 4.75. The Bertz CT molecular complexity index is 764. The van der Waals surface area contributed by atoms with Gasteiger partial charge in [0.2, 0.25) is 0 Å². The molecule has 2 aromatic carbocycles. The van der Waals surface area contributed by atoms with E-state index in [2.05, 4.69) is 72.2 Å². The normalized spacial score (nSPS) is 25.8. The molecule has 0 saturated carbocycles. The number of ether oxygens (including phenoxy) is 1. The summed E-state index contributed by atoms with van der Waals surface area (Å²) in [5.74, 6) is 0.946. The molecule has 0 unspecified atom stereocenters. The van der Waals surface area contributed by atoms with Crippen LogP contribution in [0.3, 0.4) is 0 Å². The summed E-state index contributed by atoms with van der Waals surface area (Å²) in [7, 11) is 0. The van der Waals surface area contributed by atoms with Gasteiger partial charge >= 0.3 is 0 Å². The van der Waals surface area contributed by atoms with Crippen molar-refractivity contribution < 1.29 is 9.84 Å². The molecule has 0 bridgehead atoms. The largest absolute Gasteiger partial charge is 0.491 e. The van der Waals surface area contributed by atoms with E-state index in [-0.39, 0.29) is 12.2 Å². The molecule has 4 nitrogen and oxygen atoms in total. The second kappa shape index (κ2) is 8.64. The fourth-order valence-corrected chi connectivity index (χ4v) is 4.67. The van der Waals surface area contributed by atoms with Crippen LogP contribution in [-0.4, -0.2) is 58.8 Å². The molecule has 1 N–H and O–H groups in total. The fourth-order valence-electron chi connectivity index (χ4n) is 4.67. The summed E-state index contributed by atoms with van der Waals surface area (Å²) in [4.78, 5) is 5.10. The number of nitrogens with zero attached hydrogens (tertiary/aromatic N) is 2. The van der Waals surface area contributed by atoms with Crippen LogP contribution >= 0.6 is 0 Å². The van der Waals surface area contributed by atoms with Crippen molar-refractivity contribution in [1.82, 2.24) is 9.80 Å². The van der Waals surface area contributed by atoms with Crippen LogP contribution in [0.4, 0.5) is 0 Å². The van der Waals surface area contributed by atoms with E-state index in [4.69, 9.17) is 4.74 Å². The highest BCUT2D eigenvalue weighted by molar-refractivity contribution is 5.29. The van der Waals surface area contributed by atoms with E-state index in [1.807, 2.05) is 6.07 Å². The lowest BCUT2D eigenvalue weighted by Gasteiger charge is -2.44. The van der Waals surface area contributed by atoms with Gasteiger partial charge in [0, 0.05) is 38.3 Å². The third-order valence-corrected chi connectivity index (χ3v) is 5.88. The number of fused-ring (bicyclic) bond motifs is 1. The summed E-state index contributed by atoms with van der Waals surface area (Å²) in [6.45, 7) is 7.91. The first-order chi connectivity index (χ1) is 13.6. The molecule has 0 aliphatic carbocycles. The van der Waals surface area contributed by atoms with Crippen LogP contribution in [-0.2, 0) is 13.0 Å². The number of aliphatic hydroxyl groups excluding tert-OH is 1. The minimum atomic E-state index is -0.176. The van der Waals surface area contributed by atoms with Gasteiger partial charge in [-0.3, -0.25) is 9.80 Å². The maximum atomic E-state index is 10.2. The smallest absolute Gasteiger partial charge is 0.120 e. The monoisotopic (exact) mass is 380 g/mol. The van der Waals surface area contributed by atoms with Gasteiger partial charge in [-0.2, -0.15) is 0 Å². The van der Waals surface area contributed by atoms with Crippen LogP contribution in [0.5, 0.6) is 5.75 Å². The number of hydrogen-bond donors (Lipinski definition) is 1. The number of aliphatic hydroxyl groups is 1. The van der Waals surface area contributed by atoms with E-state index in [0.29, 0.717) is 12.1 Å². The number of piperazine rings is 1. The van der Waals surface area contributed by atoms with Crippen LogP contribution in [0, 0.1) is 0 Å². The predicted octanol–water partition coefficient (Wildman–Crippen LogP) is 3.34. The standard InChI is InChI=1S/C24H32N2O2/c1-18(2)28-24-10-6-9-20(12-24)14-25-16-22-13-23(27)17-26(22)15-21(25)11-19-7-4-3-5-8-19/h3-10,12,18,21-23,27H,11,13-17H2,1-2H3/t21-,22+,23-/m1/s1. The van der Waals surface area contributed by atoms with Crippen molar-refractivity contribution in [3.8, 4) is 5.75 Å². The van der Waals surface area contributed by atoms with Gasteiger partial charge in [0.25, 0.3) is 0 Å². The van der Waals surface area contributed by atoms with E-state index in [0.717, 1.165) is 44.8 Å². The maximum Gasteiger partial charge on any atom is 0.120 e. The Labute approximate surface area is 168 Å². The zero-order valence-electron chi connectivity index (χ0n) is 17.0. The van der Waals surface area contributed by atoms with E-state index in [9.17, 15) is 5.11 Å². The van der Waals surface area contributed by atoms with E-state index in [1.54, 1.807) is 0 Å². The van der Waals surface area contributed by atoms with Gasteiger partial charge in [-0.25, -0.2) is 0 Å². The van der Waals surface area contributed by atoms with Gasteiger partial charge in [0.1, 0.15) is 5.75 Å². The second-order valence-electron chi connectivity index (χ2n) is 8.58. The Kier molecular flexibility index (Phi) is 6.00. The summed E-state index contributed by atoms with van der Waals surface area (Å²) in [5.41, 5.74) is 2.68. The number of rotatable bonds is 6. The Morgan fingerprint density at radius 3 is 2.57 bits per heavy atom. The van der Waals surface area contributed by atoms with Crippen molar-refractivity contribution in [3.05, 3.63) is 65.7 Å². The Morgan fingerprint density at radius 2 is 1.79 bits per heavy atom. The van der Waals surface area contributed by atoms with Crippen LogP contribution in [0.1, 0.15) is 31.4 Å². The summed E-state index contributed by atoms with van der Waals surface area (Å²) in [6, 6.07) is 20.2. The Balaban J connectivity index is 1.51. The summed E-state index contributed by atoms with van der Waals surface area (Å²) in [5, 5.41) is 10.2. The molecule has 0 aromatic heterocycles.